The van der Waals surface area contributed by atoms with Crippen molar-refractivity contribution in [1.82, 2.24) is 4.90 Å². The van der Waals surface area contributed by atoms with E-state index in [0.717, 1.165) is 12.0 Å². The third-order valence-electron chi connectivity index (χ3n) is 5.49. The number of amides is 2. The highest BCUT2D eigenvalue weighted by Gasteiger charge is 2.27. The summed E-state index contributed by atoms with van der Waals surface area (Å²) in [6, 6.07) is 16.5. The van der Waals surface area contributed by atoms with E-state index >= 15 is 0 Å². The Morgan fingerprint density at radius 1 is 0.968 bits per heavy atom. The predicted octanol–water partition coefficient (Wildman–Crippen LogP) is 3.26. The molecular formula is C23H29N3O4S. The second-order valence-electron chi connectivity index (χ2n) is 7.71. The van der Waals surface area contributed by atoms with E-state index in [9.17, 15) is 18.0 Å². The van der Waals surface area contributed by atoms with Crippen LogP contribution in [0.15, 0.2) is 54.6 Å². The number of carbonyl (C=O) groups excluding carboxylic acids is 2. The zero-order valence-electron chi connectivity index (χ0n) is 17.7. The third kappa shape index (κ3) is 6.82. The van der Waals surface area contributed by atoms with Crippen molar-refractivity contribution in [3.63, 3.8) is 0 Å². The lowest BCUT2D eigenvalue weighted by Crippen LogP contribution is -2.41. The first-order chi connectivity index (χ1) is 14.9. The van der Waals surface area contributed by atoms with Crippen LogP contribution >= 0.6 is 0 Å². The van der Waals surface area contributed by atoms with Crippen LogP contribution in [-0.2, 0) is 26.0 Å². The van der Waals surface area contributed by atoms with Crippen LogP contribution in [0.4, 0.5) is 11.4 Å². The number of rotatable bonds is 8. The summed E-state index contributed by atoms with van der Waals surface area (Å²) < 4.78 is 25.7. The van der Waals surface area contributed by atoms with E-state index in [4.69, 9.17) is 0 Å². The third-order valence-corrected chi connectivity index (χ3v) is 6.80. The lowest BCUT2D eigenvalue weighted by molar-refractivity contribution is -0.134. The smallest absolute Gasteiger partial charge is 0.232 e. The summed E-state index contributed by atoms with van der Waals surface area (Å²) in [6.45, 7) is 2.74. The van der Waals surface area contributed by atoms with Gasteiger partial charge in [-0.1, -0.05) is 30.3 Å². The summed E-state index contributed by atoms with van der Waals surface area (Å²) in [5.74, 6) is -0.0820. The predicted molar refractivity (Wildman–Crippen MR) is 122 cm³/mol. The van der Waals surface area contributed by atoms with Crippen molar-refractivity contribution in [3.8, 4) is 0 Å². The molecule has 2 aromatic carbocycles. The van der Waals surface area contributed by atoms with Gasteiger partial charge in [0.05, 0.1) is 5.75 Å². The molecule has 1 aliphatic rings. The summed E-state index contributed by atoms with van der Waals surface area (Å²) in [5.41, 5.74) is 2.23. The quantitative estimate of drug-likeness (QED) is 0.655. The Morgan fingerprint density at radius 2 is 1.58 bits per heavy atom. The SMILES string of the molecule is CCS(=O)(=O)Nc1ccc(NC(=O)C2CCN(C(=O)CCc3ccccc3)CC2)cc1. The number of benzene rings is 2. The summed E-state index contributed by atoms with van der Waals surface area (Å²) in [6.07, 6.45) is 2.48. The van der Waals surface area contributed by atoms with Gasteiger partial charge in [-0.2, -0.15) is 0 Å². The molecule has 1 heterocycles. The minimum Gasteiger partial charge on any atom is -0.343 e. The van der Waals surface area contributed by atoms with E-state index in [1.807, 2.05) is 35.2 Å². The van der Waals surface area contributed by atoms with E-state index in [2.05, 4.69) is 10.0 Å². The van der Waals surface area contributed by atoms with Crippen LogP contribution in [0.1, 0.15) is 31.7 Å². The number of nitrogens with zero attached hydrogens (tertiary/aromatic N) is 1. The van der Waals surface area contributed by atoms with E-state index in [-0.39, 0.29) is 23.5 Å². The van der Waals surface area contributed by atoms with Gasteiger partial charge in [0.15, 0.2) is 0 Å². The van der Waals surface area contributed by atoms with Crippen molar-refractivity contribution in [2.75, 3.05) is 28.9 Å². The van der Waals surface area contributed by atoms with Gasteiger partial charge in [0.2, 0.25) is 21.8 Å². The molecule has 2 amide bonds. The van der Waals surface area contributed by atoms with Crippen LogP contribution in [0, 0.1) is 5.92 Å². The van der Waals surface area contributed by atoms with Gasteiger partial charge in [-0.05, 0) is 56.0 Å². The normalized spacial score (nSPS) is 14.8. The van der Waals surface area contributed by atoms with Crippen LogP contribution in [0.25, 0.3) is 0 Å². The second-order valence-corrected chi connectivity index (χ2v) is 9.72. The Bertz CT molecular complexity index is 983. The molecule has 0 radical (unpaired) electrons. The van der Waals surface area contributed by atoms with Crippen LogP contribution < -0.4 is 10.0 Å². The van der Waals surface area contributed by atoms with Crippen LogP contribution in [0.2, 0.25) is 0 Å². The Morgan fingerprint density at radius 3 is 2.19 bits per heavy atom. The van der Waals surface area contributed by atoms with Crippen molar-refractivity contribution >= 4 is 33.2 Å². The van der Waals surface area contributed by atoms with Gasteiger partial charge in [-0.3, -0.25) is 14.3 Å². The summed E-state index contributed by atoms with van der Waals surface area (Å²) in [5, 5.41) is 2.89. The van der Waals surface area contributed by atoms with Gasteiger partial charge in [0.1, 0.15) is 0 Å². The fraction of sp³-hybridized carbons (Fsp3) is 0.391. The van der Waals surface area contributed by atoms with Gasteiger partial charge in [0.25, 0.3) is 0 Å². The number of piperidine rings is 1. The molecule has 0 aliphatic carbocycles. The lowest BCUT2D eigenvalue weighted by atomic mass is 9.95. The lowest BCUT2D eigenvalue weighted by Gasteiger charge is -2.31. The Hall–Kier alpha value is -2.87. The molecule has 0 saturated carbocycles. The molecule has 0 aromatic heterocycles. The molecule has 0 atom stereocenters. The molecule has 1 fully saturated rings. The highest BCUT2D eigenvalue weighted by atomic mass is 32.2. The Labute approximate surface area is 183 Å². The molecule has 0 bridgehead atoms. The van der Waals surface area contributed by atoms with Crippen molar-refractivity contribution < 1.29 is 18.0 Å². The number of nitrogens with one attached hydrogen (secondary N) is 2. The maximum Gasteiger partial charge on any atom is 0.232 e. The molecule has 7 nitrogen and oxygen atoms in total. The molecule has 0 spiro atoms. The summed E-state index contributed by atoms with van der Waals surface area (Å²) in [7, 11) is -3.33. The molecule has 1 saturated heterocycles. The zero-order chi connectivity index (χ0) is 22.3. The van der Waals surface area contributed by atoms with Crippen molar-refractivity contribution in [2.45, 2.75) is 32.6 Å². The number of anilines is 2. The minimum atomic E-state index is -3.33. The van der Waals surface area contributed by atoms with Gasteiger partial charge in [0, 0.05) is 36.8 Å². The number of hydrogen-bond donors (Lipinski definition) is 2. The largest absolute Gasteiger partial charge is 0.343 e. The Kier molecular flexibility index (Phi) is 7.68. The average molecular weight is 444 g/mol. The molecular weight excluding hydrogens is 414 g/mol. The molecule has 166 valence electrons. The number of aryl methyl sites for hydroxylation is 1. The van der Waals surface area contributed by atoms with E-state index in [1.54, 1.807) is 31.2 Å². The fourth-order valence-corrected chi connectivity index (χ4v) is 4.20. The maximum absolute atomic E-state index is 12.6. The molecule has 2 aromatic rings. The summed E-state index contributed by atoms with van der Waals surface area (Å²) in [4.78, 5) is 26.9. The zero-order valence-corrected chi connectivity index (χ0v) is 18.5. The van der Waals surface area contributed by atoms with E-state index in [0.29, 0.717) is 43.7 Å². The minimum absolute atomic E-state index is 0.00105. The van der Waals surface area contributed by atoms with Gasteiger partial charge >= 0.3 is 0 Å². The summed E-state index contributed by atoms with van der Waals surface area (Å²) >= 11 is 0. The second kappa shape index (κ2) is 10.4. The molecule has 2 N–H and O–H groups in total. The first-order valence-electron chi connectivity index (χ1n) is 10.6. The maximum atomic E-state index is 12.6. The highest BCUT2D eigenvalue weighted by molar-refractivity contribution is 7.92. The number of hydrogen-bond acceptors (Lipinski definition) is 4. The van der Waals surface area contributed by atoms with Crippen LogP contribution in [0.3, 0.4) is 0 Å². The van der Waals surface area contributed by atoms with Crippen LogP contribution in [0.5, 0.6) is 0 Å². The number of likely N-dealkylation sites (tertiary alicyclic amines) is 1. The van der Waals surface area contributed by atoms with Crippen molar-refractivity contribution in [1.29, 1.82) is 0 Å². The van der Waals surface area contributed by atoms with E-state index < -0.39 is 10.0 Å². The van der Waals surface area contributed by atoms with Gasteiger partial charge < -0.3 is 10.2 Å². The van der Waals surface area contributed by atoms with Crippen molar-refractivity contribution in [2.24, 2.45) is 5.92 Å². The number of sulfonamides is 1. The van der Waals surface area contributed by atoms with Crippen molar-refractivity contribution in [3.05, 3.63) is 60.2 Å². The van der Waals surface area contributed by atoms with E-state index in [1.165, 1.54) is 0 Å². The topological polar surface area (TPSA) is 95.6 Å². The van der Waals surface area contributed by atoms with Crippen LogP contribution in [-0.4, -0.2) is 44.0 Å². The highest BCUT2D eigenvalue weighted by Crippen LogP contribution is 2.21. The monoisotopic (exact) mass is 443 g/mol. The average Bonchev–Trinajstić information content (AvgIpc) is 2.79. The molecule has 8 heteroatoms. The first kappa shape index (κ1) is 22.8. The fourth-order valence-electron chi connectivity index (χ4n) is 3.56. The first-order valence-corrected chi connectivity index (χ1v) is 12.2. The van der Waals surface area contributed by atoms with Gasteiger partial charge in [-0.15, -0.1) is 0 Å². The standard InChI is InChI=1S/C23H29N3O4S/c1-2-31(29,30)25-21-11-9-20(10-12-21)24-23(28)19-14-16-26(17-15-19)22(27)13-8-18-6-4-3-5-7-18/h3-7,9-12,19,25H,2,8,13-17H2,1H3,(H,24,28). The molecule has 31 heavy (non-hydrogen) atoms. The Balaban J connectivity index is 1.44. The molecule has 3 rings (SSSR count). The van der Waals surface area contributed by atoms with Gasteiger partial charge in [-0.25, -0.2) is 8.42 Å². The molecule has 1 aliphatic heterocycles. The molecule has 0 unspecified atom stereocenters. The number of carbonyl (C=O) groups is 2.